The molecule has 0 spiro atoms. The van der Waals surface area contributed by atoms with Gasteiger partial charge in [0.05, 0.1) is 7.92 Å². The summed E-state index contributed by atoms with van der Waals surface area (Å²) < 4.78 is 41.0. The summed E-state index contributed by atoms with van der Waals surface area (Å²) in [4.78, 5) is 7.18. The smallest absolute Gasteiger partial charge is 0.488 e. The van der Waals surface area contributed by atoms with Crippen molar-refractivity contribution < 1.29 is 34.2 Å². The first kappa shape index (κ1) is 33.1. The SMILES string of the molecule is CC(C)(C)c1cc(-c2[n-]cnc2C(F)(F)F)[c-]c(-n2cccn2)c1.[Pt+2].c1ccc([PH+](c2ccccc2)c2ccccc2)cc1. The van der Waals surface area contributed by atoms with Crippen LogP contribution in [0.4, 0.5) is 13.2 Å². The van der Waals surface area contributed by atoms with E-state index < -0.39 is 19.8 Å². The summed E-state index contributed by atoms with van der Waals surface area (Å²) in [6.45, 7) is 5.96. The van der Waals surface area contributed by atoms with Gasteiger partial charge < -0.3 is 9.97 Å². The maximum absolute atomic E-state index is 13.1. The molecule has 6 aromatic rings. The van der Waals surface area contributed by atoms with Crippen molar-refractivity contribution in [3.63, 3.8) is 0 Å². The molecule has 9 heteroatoms. The predicted octanol–water partition coefficient (Wildman–Crippen LogP) is 7.18. The number of benzene rings is 4. The average molecular weight is 791 g/mol. The van der Waals surface area contributed by atoms with Crippen LogP contribution in [-0.2, 0) is 32.7 Å². The molecule has 6 rings (SSSR count). The first-order valence-corrected chi connectivity index (χ1v) is 15.3. The number of hydrogen-bond donors (Lipinski definition) is 0. The molecule has 0 fully saturated rings. The van der Waals surface area contributed by atoms with Crippen LogP contribution in [-0.4, -0.2) is 14.8 Å². The molecule has 2 aromatic heterocycles. The molecule has 0 aliphatic rings. The Hall–Kier alpha value is -3.79. The zero-order chi connectivity index (χ0) is 30.5. The number of imidazole rings is 1. The Balaban J connectivity index is 0.000000201. The molecule has 4 nitrogen and oxygen atoms in total. The number of rotatable bonds is 5. The number of halogens is 3. The van der Waals surface area contributed by atoms with Gasteiger partial charge in [-0.1, -0.05) is 75.4 Å². The van der Waals surface area contributed by atoms with Crippen LogP contribution < -0.4 is 20.9 Å². The molecule has 44 heavy (non-hydrogen) atoms. The molecule has 0 N–H and O–H groups in total. The fourth-order valence-electron chi connectivity index (χ4n) is 4.64. The van der Waals surface area contributed by atoms with Gasteiger partial charge in [0.25, 0.3) is 0 Å². The first-order chi connectivity index (χ1) is 20.6. The van der Waals surface area contributed by atoms with Gasteiger partial charge in [-0.25, -0.2) is 0 Å². The van der Waals surface area contributed by atoms with Gasteiger partial charge in [0.1, 0.15) is 15.9 Å². The molecule has 0 amide bonds. The van der Waals surface area contributed by atoms with Gasteiger partial charge in [0, 0.05) is 12.4 Å². The quantitative estimate of drug-likeness (QED) is 0.137. The van der Waals surface area contributed by atoms with Crippen molar-refractivity contribution in [2.24, 2.45) is 0 Å². The number of alkyl halides is 3. The molecular weight excluding hydrogens is 759 g/mol. The van der Waals surface area contributed by atoms with E-state index in [0.29, 0.717) is 5.69 Å². The van der Waals surface area contributed by atoms with E-state index in [9.17, 15) is 13.2 Å². The maximum atomic E-state index is 13.1. The Bertz CT molecular complexity index is 1640. The van der Waals surface area contributed by atoms with Gasteiger partial charge >= 0.3 is 27.2 Å². The van der Waals surface area contributed by atoms with Crippen LogP contribution in [0, 0.1) is 6.07 Å². The Morgan fingerprint density at radius 1 is 0.750 bits per heavy atom. The van der Waals surface area contributed by atoms with E-state index in [1.807, 2.05) is 26.8 Å². The van der Waals surface area contributed by atoms with Crippen molar-refractivity contribution in [3.8, 4) is 16.9 Å². The van der Waals surface area contributed by atoms with E-state index in [2.05, 4.69) is 112 Å². The zero-order valence-electron chi connectivity index (χ0n) is 24.4. The summed E-state index contributed by atoms with van der Waals surface area (Å²) in [6.07, 6.45) is -0.337. The second-order valence-corrected chi connectivity index (χ2v) is 13.4. The monoisotopic (exact) mass is 790 g/mol. The normalized spacial score (nSPS) is 11.4. The molecule has 0 saturated heterocycles. The third-order valence-corrected chi connectivity index (χ3v) is 9.51. The summed E-state index contributed by atoms with van der Waals surface area (Å²) in [5.74, 6) is 0. The topological polar surface area (TPSA) is 44.8 Å². The standard InChI is InChI=1S/C18H15P.C17H15F3N4.Pt/c1-4-10-16(11-5-1)19(17-12-6-2-7-13-17)18-14-8-3-9-15-18;1-16(2,3)12-7-11(8-13(9-12)24-6-4-5-23-24)14-15(17(18,19)20)22-10-21-14;/h1-15H;4-7,9-10H,1-3H3;/q;-2;+2/p+1. The van der Waals surface area contributed by atoms with Crippen molar-refractivity contribution >= 4 is 23.8 Å². The zero-order valence-corrected chi connectivity index (χ0v) is 27.6. The molecule has 226 valence electrons. The van der Waals surface area contributed by atoms with E-state index >= 15 is 0 Å². The summed E-state index contributed by atoms with van der Waals surface area (Å²) in [5.41, 5.74) is 0.178. The van der Waals surface area contributed by atoms with Crippen molar-refractivity contribution in [2.45, 2.75) is 32.4 Å². The van der Waals surface area contributed by atoms with E-state index in [-0.39, 0.29) is 37.7 Å². The maximum Gasteiger partial charge on any atom is 2.00 e. The van der Waals surface area contributed by atoms with E-state index in [1.165, 1.54) is 15.9 Å². The van der Waals surface area contributed by atoms with Crippen LogP contribution in [0.3, 0.4) is 0 Å². The molecule has 0 atom stereocenters. The minimum Gasteiger partial charge on any atom is -0.488 e. The molecule has 0 aliphatic heterocycles. The molecular formula is C35H31F3N4PPt+. The van der Waals surface area contributed by atoms with Crippen LogP contribution in [0.5, 0.6) is 0 Å². The van der Waals surface area contributed by atoms with Crippen molar-refractivity contribution in [2.75, 3.05) is 0 Å². The molecule has 0 radical (unpaired) electrons. The van der Waals surface area contributed by atoms with Gasteiger partial charge in [0.15, 0.2) is 0 Å². The average Bonchev–Trinajstić information content (AvgIpc) is 3.72. The Kier molecular flexibility index (Phi) is 10.8. The van der Waals surface area contributed by atoms with Gasteiger partial charge in [0.2, 0.25) is 0 Å². The second kappa shape index (κ2) is 14.3. The first-order valence-electron chi connectivity index (χ1n) is 13.8. The van der Waals surface area contributed by atoms with Crippen molar-refractivity contribution in [3.05, 3.63) is 145 Å². The Morgan fingerprint density at radius 3 is 1.70 bits per heavy atom. The van der Waals surface area contributed by atoms with Gasteiger partial charge in [-0.15, -0.1) is 41.3 Å². The van der Waals surface area contributed by atoms with Gasteiger partial charge in [-0.05, 0) is 59.3 Å². The molecule has 4 aromatic carbocycles. The second-order valence-electron chi connectivity index (χ2n) is 10.9. The number of hydrogen-bond acceptors (Lipinski definition) is 2. The van der Waals surface area contributed by atoms with Gasteiger partial charge in [-0.2, -0.15) is 18.3 Å². The van der Waals surface area contributed by atoms with Crippen LogP contribution in [0.2, 0.25) is 0 Å². The van der Waals surface area contributed by atoms with Crippen LogP contribution >= 0.6 is 7.92 Å². The van der Waals surface area contributed by atoms with E-state index in [1.54, 1.807) is 29.2 Å². The molecule has 0 aliphatic carbocycles. The van der Waals surface area contributed by atoms with Crippen molar-refractivity contribution in [1.29, 1.82) is 0 Å². The van der Waals surface area contributed by atoms with Crippen LogP contribution in [0.15, 0.2) is 128 Å². The minimum atomic E-state index is -4.57. The predicted molar refractivity (Wildman–Crippen MR) is 169 cm³/mol. The van der Waals surface area contributed by atoms with E-state index in [0.717, 1.165) is 11.9 Å². The molecule has 0 unspecified atom stereocenters. The summed E-state index contributed by atoms with van der Waals surface area (Å²) in [7, 11) is -0.877. The van der Waals surface area contributed by atoms with Gasteiger partial charge in [-0.3, -0.25) is 4.68 Å². The minimum absolute atomic E-state index is 0. The van der Waals surface area contributed by atoms with Crippen molar-refractivity contribution in [1.82, 2.24) is 19.7 Å². The molecule has 2 heterocycles. The third kappa shape index (κ3) is 8.02. The largest absolute Gasteiger partial charge is 2.00 e. The summed E-state index contributed by atoms with van der Waals surface area (Å²) in [5, 5.41) is 8.44. The van der Waals surface area contributed by atoms with Crippen LogP contribution in [0.25, 0.3) is 16.9 Å². The fraction of sp³-hybridized carbons (Fsp3) is 0.143. The summed E-state index contributed by atoms with van der Waals surface area (Å²) in [6, 6.07) is 40.7. The van der Waals surface area contributed by atoms with Crippen LogP contribution in [0.1, 0.15) is 32.0 Å². The molecule has 0 bridgehead atoms. The number of aromatic nitrogens is 4. The summed E-state index contributed by atoms with van der Waals surface area (Å²) >= 11 is 0. The molecule has 0 saturated carbocycles. The Labute approximate surface area is 271 Å². The Morgan fingerprint density at radius 2 is 1.27 bits per heavy atom. The number of nitrogens with zero attached hydrogens (tertiary/aromatic N) is 4. The fourth-order valence-corrected chi connectivity index (χ4v) is 7.21. The van der Waals surface area contributed by atoms with E-state index in [4.69, 9.17) is 0 Å². The third-order valence-electron chi connectivity index (χ3n) is 6.78.